The number of ether oxygens (including phenoxy) is 1. The average Bonchev–Trinajstić information content (AvgIpc) is 2.81. The third-order valence-electron chi connectivity index (χ3n) is 4.75. The quantitative estimate of drug-likeness (QED) is 0.659. The molecule has 0 bridgehead atoms. The van der Waals surface area contributed by atoms with Gasteiger partial charge in [0.25, 0.3) is 0 Å². The predicted molar refractivity (Wildman–Crippen MR) is 97.7 cm³/mol. The SMILES string of the molecule is CC1(C)OB(c2cnc(C(=O)OCc3ccccc3)nc2N)OC1(C)C. The molecule has 2 heterocycles. The highest BCUT2D eigenvalue weighted by atomic mass is 16.7. The maximum Gasteiger partial charge on any atom is 0.500 e. The molecule has 0 saturated carbocycles. The summed E-state index contributed by atoms with van der Waals surface area (Å²) in [6, 6.07) is 9.37. The van der Waals surface area contributed by atoms with Crippen LogP contribution < -0.4 is 11.2 Å². The topological polar surface area (TPSA) is 96.6 Å². The third kappa shape index (κ3) is 3.56. The predicted octanol–water partition coefficient (Wildman–Crippen LogP) is 1.71. The van der Waals surface area contributed by atoms with Gasteiger partial charge in [0.1, 0.15) is 12.4 Å². The van der Waals surface area contributed by atoms with Gasteiger partial charge in [0, 0.05) is 11.7 Å². The molecule has 1 aliphatic rings. The number of carbonyl (C=O) groups excluding carboxylic acids is 1. The Kier molecular flexibility index (Phi) is 4.73. The Morgan fingerprint density at radius 2 is 1.77 bits per heavy atom. The van der Waals surface area contributed by atoms with E-state index in [9.17, 15) is 4.79 Å². The summed E-state index contributed by atoms with van der Waals surface area (Å²) in [5.41, 5.74) is 6.37. The van der Waals surface area contributed by atoms with E-state index in [4.69, 9.17) is 19.8 Å². The van der Waals surface area contributed by atoms with E-state index in [2.05, 4.69) is 9.97 Å². The van der Waals surface area contributed by atoms with Crippen molar-refractivity contribution in [3.8, 4) is 0 Å². The molecule has 3 rings (SSSR count). The molecule has 1 aliphatic heterocycles. The first-order chi connectivity index (χ1) is 12.2. The molecule has 2 N–H and O–H groups in total. The zero-order valence-electron chi connectivity index (χ0n) is 15.4. The van der Waals surface area contributed by atoms with Crippen LogP contribution in [-0.2, 0) is 20.7 Å². The number of anilines is 1. The molecule has 0 amide bonds. The number of nitrogens with zero attached hydrogens (tertiary/aromatic N) is 2. The summed E-state index contributed by atoms with van der Waals surface area (Å²) in [5, 5.41) is 0. The molecule has 136 valence electrons. The molecule has 0 radical (unpaired) electrons. The number of nitrogens with two attached hydrogens (primary N) is 1. The van der Waals surface area contributed by atoms with Crippen molar-refractivity contribution < 1.29 is 18.8 Å². The molecule has 1 aromatic heterocycles. The summed E-state index contributed by atoms with van der Waals surface area (Å²) < 4.78 is 17.1. The lowest BCUT2D eigenvalue weighted by atomic mass is 9.80. The molecule has 0 spiro atoms. The van der Waals surface area contributed by atoms with E-state index in [1.165, 1.54) is 6.20 Å². The van der Waals surface area contributed by atoms with Crippen molar-refractivity contribution in [2.75, 3.05) is 5.73 Å². The summed E-state index contributed by atoms with van der Waals surface area (Å²) in [6.07, 6.45) is 1.45. The zero-order valence-corrected chi connectivity index (χ0v) is 15.4. The summed E-state index contributed by atoms with van der Waals surface area (Å²) in [7, 11) is -0.686. The van der Waals surface area contributed by atoms with Gasteiger partial charge in [-0.15, -0.1) is 0 Å². The van der Waals surface area contributed by atoms with E-state index in [-0.39, 0.29) is 18.2 Å². The summed E-state index contributed by atoms with van der Waals surface area (Å²) in [5.74, 6) is -0.607. The van der Waals surface area contributed by atoms with E-state index >= 15 is 0 Å². The Balaban J connectivity index is 1.71. The summed E-state index contributed by atoms with van der Waals surface area (Å²) in [4.78, 5) is 20.3. The molecule has 0 aliphatic carbocycles. The number of rotatable bonds is 4. The van der Waals surface area contributed by atoms with Gasteiger partial charge < -0.3 is 19.8 Å². The van der Waals surface area contributed by atoms with Gasteiger partial charge in [-0.2, -0.15) is 0 Å². The average molecular weight is 355 g/mol. The van der Waals surface area contributed by atoms with Crippen molar-refractivity contribution in [3.63, 3.8) is 0 Å². The van der Waals surface area contributed by atoms with Gasteiger partial charge in [-0.05, 0) is 33.3 Å². The van der Waals surface area contributed by atoms with Crippen LogP contribution in [0, 0.1) is 0 Å². The van der Waals surface area contributed by atoms with Crippen molar-refractivity contribution in [1.82, 2.24) is 9.97 Å². The lowest BCUT2D eigenvalue weighted by Gasteiger charge is -2.32. The van der Waals surface area contributed by atoms with Gasteiger partial charge in [0.15, 0.2) is 0 Å². The van der Waals surface area contributed by atoms with Crippen molar-refractivity contribution in [2.24, 2.45) is 0 Å². The minimum Gasteiger partial charge on any atom is -0.455 e. The Hall–Kier alpha value is -2.45. The third-order valence-corrected chi connectivity index (χ3v) is 4.75. The monoisotopic (exact) mass is 355 g/mol. The molecule has 7 nitrogen and oxygen atoms in total. The first-order valence-electron chi connectivity index (χ1n) is 8.39. The van der Waals surface area contributed by atoms with Crippen molar-refractivity contribution in [2.45, 2.75) is 45.5 Å². The molecular formula is C18H22BN3O4. The van der Waals surface area contributed by atoms with Crippen LogP contribution in [0.4, 0.5) is 5.82 Å². The Bertz CT molecular complexity index is 795. The molecule has 1 saturated heterocycles. The fourth-order valence-electron chi connectivity index (χ4n) is 2.44. The molecular weight excluding hydrogens is 333 g/mol. The van der Waals surface area contributed by atoms with Crippen molar-refractivity contribution in [3.05, 3.63) is 47.9 Å². The van der Waals surface area contributed by atoms with E-state index in [1.54, 1.807) is 0 Å². The lowest BCUT2D eigenvalue weighted by molar-refractivity contribution is 0.00578. The van der Waals surface area contributed by atoms with Crippen LogP contribution >= 0.6 is 0 Å². The first kappa shape index (κ1) is 18.3. The molecule has 1 aromatic carbocycles. The molecule has 8 heteroatoms. The van der Waals surface area contributed by atoms with Gasteiger partial charge in [-0.3, -0.25) is 0 Å². The Labute approximate surface area is 153 Å². The van der Waals surface area contributed by atoms with Gasteiger partial charge >= 0.3 is 13.1 Å². The van der Waals surface area contributed by atoms with Gasteiger partial charge in [-0.25, -0.2) is 14.8 Å². The fourth-order valence-corrected chi connectivity index (χ4v) is 2.44. The van der Waals surface area contributed by atoms with Crippen LogP contribution in [0.5, 0.6) is 0 Å². The number of aromatic nitrogens is 2. The standard InChI is InChI=1S/C18H22BN3O4/c1-17(2)18(3,4)26-19(25-17)13-10-21-15(22-14(13)20)16(23)24-11-12-8-6-5-7-9-12/h5-10H,11H2,1-4H3,(H2,20,21,22). The number of benzene rings is 1. The van der Waals surface area contributed by atoms with Gasteiger partial charge in [-0.1, -0.05) is 30.3 Å². The minimum absolute atomic E-state index is 0.0984. The van der Waals surface area contributed by atoms with Crippen molar-refractivity contribution >= 4 is 24.4 Å². The Morgan fingerprint density at radius 1 is 1.15 bits per heavy atom. The van der Waals surface area contributed by atoms with Crippen LogP contribution in [-0.4, -0.2) is 34.3 Å². The Morgan fingerprint density at radius 3 is 2.35 bits per heavy atom. The normalized spacial score (nSPS) is 17.9. The van der Waals surface area contributed by atoms with Crippen LogP contribution in [0.15, 0.2) is 36.5 Å². The highest BCUT2D eigenvalue weighted by Gasteiger charge is 2.52. The maximum atomic E-state index is 12.1. The van der Waals surface area contributed by atoms with Crippen LogP contribution in [0.2, 0.25) is 0 Å². The second kappa shape index (κ2) is 6.70. The van der Waals surface area contributed by atoms with Crippen LogP contribution in [0.25, 0.3) is 0 Å². The second-order valence-corrected chi connectivity index (χ2v) is 7.18. The first-order valence-corrected chi connectivity index (χ1v) is 8.39. The number of hydrogen-bond acceptors (Lipinski definition) is 7. The highest BCUT2D eigenvalue weighted by Crippen LogP contribution is 2.36. The van der Waals surface area contributed by atoms with E-state index in [1.807, 2.05) is 58.0 Å². The van der Waals surface area contributed by atoms with Crippen LogP contribution in [0.3, 0.4) is 0 Å². The molecule has 26 heavy (non-hydrogen) atoms. The second-order valence-electron chi connectivity index (χ2n) is 7.18. The lowest BCUT2D eigenvalue weighted by Crippen LogP contribution is -2.41. The van der Waals surface area contributed by atoms with E-state index < -0.39 is 24.3 Å². The molecule has 0 unspecified atom stereocenters. The number of hydrogen-bond donors (Lipinski definition) is 1. The van der Waals surface area contributed by atoms with E-state index in [0.29, 0.717) is 5.46 Å². The van der Waals surface area contributed by atoms with Gasteiger partial charge in [0.2, 0.25) is 5.82 Å². The van der Waals surface area contributed by atoms with Gasteiger partial charge in [0.05, 0.1) is 11.2 Å². The van der Waals surface area contributed by atoms with E-state index in [0.717, 1.165) is 5.56 Å². The highest BCUT2D eigenvalue weighted by molar-refractivity contribution is 6.63. The number of esters is 1. The largest absolute Gasteiger partial charge is 0.500 e. The molecule has 2 aromatic rings. The smallest absolute Gasteiger partial charge is 0.455 e. The van der Waals surface area contributed by atoms with Crippen molar-refractivity contribution in [1.29, 1.82) is 0 Å². The fraction of sp³-hybridized carbons (Fsp3) is 0.389. The molecule has 0 atom stereocenters. The maximum absolute atomic E-state index is 12.1. The summed E-state index contributed by atoms with van der Waals surface area (Å²) >= 11 is 0. The minimum atomic E-state index is -0.686. The van der Waals surface area contributed by atoms with Crippen LogP contribution in [0.1, 0.15) is 43.9 Å². The number of nitrogen functional groups attached to an aromatic ring is 1. The number of carbonyl (C=O) groups is 1. The molecule has 1 fully saturated rings. The zero-order chi connectivity index (χ0) is 18.9. The summed E-state index contributed by atoms with van der Waals surface area (Å²) in [6.45, 7) is 7.92.